The van der Waals surface area contributed by atoms with Crippen LogP contribution in [-0.2, 0) is 37.0 Å². The van der Waals surface area contributed by atoms with Gasteiger partial charge in [-0.3, -0.25) is 19.6 Å². The molecule has 12 heteroatoms. The van der Waals surface area contributed by atoms with E-state index >= 15 is 0 Å². The molecule has 210 valence electrons. The number of ketones is 1. The molecule has 40 heavy (non-hydrogen) atoms. The van der Waals surface area contributed by atoms with Crippen LogP contribution in [0.25, 0.3) is 11.3 Å². The van der Waals surface area contributed by atoms with E-state index in [1.807, 2.05) is 13.0 Å². The molecule has 4 heterocycles. The monoisotopic (exact) mass is 564 g/mol. The Balaban J connectivity index is 1.39. The van der Waals surface area contributed by atoms with E-state index in [0.717, 1.165) is 5.56 Å². The second kappa shape index (κ2) is 11.4. The summed E-state index contributed by atoms with van der Waals surface area (Å²) < 4.78 is 30.6. The van der Waals surface area contributed by atoms with Gasteiger partial charge in [0, 0.05) is 50.1 Å². The number of likely N-dealkylation sites (tertiary alicyclic amines) is 1. The Morgan fingerprint density at radius 1 is 1.05 bits per heavy atom. The third-order valence-corrected chi connectivity index (χ3v) is 9.67. The van der Waals surface area contributed by atoms with Crippen molar-refractivity contribution in [1.82, 2.24) is 29.8 Å². The number of pyridine rings is 1. The molecule has 0 spiro atoms. The van der Waals surface area contributed by atoms with Gasteiger partial charge >= 0.3 is 0 Å². The van der Waals surface area contributed by atoms with Crippen molar-refractivity contribution in [2.24, 2.45) is 0 Å². The van der Waals surface area contributed by atoms with Crippen molar-refractivity contribution in [1.29, 1.82) is 0 Å². The minimum absolute atomic E-state index is 0.0475. The van der Waals surface area contributed by atoms with Crippen molar-refractivity contribution >= 4 is 21.5 Å². The molecule has 2 aliphatic rings. The summed E-state index contributed by atoms with van der Waals surface area (Å²) in [5.74, 6) is 0.249. The largest absolute Gasteiger partial charge is 0.477 e. The normalized spacial score (nSPS) is 16.9. The Kier molecular flexibility index (Phi) is 7.88. The summed E-state index contributed by atoms with van der Waals surface area (Å²) in [4.78, 5) is 49.7. The van der Waals surface area contributed by atoms with Gasteiger partial charge in [0.15, 0.2) is 15.6 Å². The van der Waals surface area contributed by atoms with Crippen molar-refractivity contribution in [3.05, 3.63) is 60.2 Å². The zero-order valence-electron chi connectivity index (χ0n) is 22.6. The predicted octanol–water partition coefficient (Wildman–Crippen LogP) is 2.50. The molecule has 0 atom stereocenters. The number of sulfone groups is 1. The van der Waals surface area contributed by atoms with Gasteiger partial charge in [-0.15, -0.1) is 0 Å². The van der Waals surface area contributed by atoms with Gasteiger partial charge in [-0.1, -0.05) is 0 Å². The Bertz CT molecular complexity index is 1500. The molecule has 0 radical (unpaired) electrons. The molecule has 3 aromatic heterocycles. The van der Waals surface area contributed by atoms with Gasteiger partial charge in [0.2, 0.25) is 11.8 Å². The van der Waals surface area contributed by atoms with Crippen LogP contribution in [0.3, 0.4) is 0 Å². The highest BCUT2D eigenvalue weighted by atomic mass is 32.2. The zero-order valence-corrected chi connectivity index (χ0v) is 23.4. The van der Waals surface area contributed by atoms with Crippen LogP contribution in [0.15, 0.2) is 43.0 Å². The van der Waals surface area contributed by atoms with Crippen LogP contribution in [0.1, 0.15) is 56.7 Å². The fraction of sp³-hybridized carbons (Fsp3) is 0.464. The Morgan fingerprint density at radius 2 is 1.82 bits per heavy atom. The summed E-state index contributed by atoms with van der Waals surface area (Å²) in [6.45, 7) is 4.68. The summed E-state index contributed by atoms with van der Waals surface area (Å²) in [5, 5.41) is -0.323. The Hall–Kier alpha value is -3.80. The summed E-state index contributed by atoms with van der Waals surface area (Å²) in [7, 11) is -3.32. The van der Waals surface area contributed by atoms with Crippen molar-refractivity contribution in [3.8, 4) is 17.1 Å². The molecule has 0 bridgehead atoms. The van der Waals surface area contributed by atoms with Gasteiger partial charge in [-0.2, -0.15) is 0 Å². The zero-order chi connectivity index (χ0) is 28.3. The van der Waals surface area contributed by atoms with Gasteiger partial charge in [0.1, 0.15) is 11.6 Å². The number of ether oxygens (including phenoxy) is 1. The average molecular weight is 565 g/mol. The maximum absolute atomic E-state index is 14.0. The highest BCUT2D eigenvalue weighted by molar-refractivity contribution is 7.91. The molecule has 0 aromatic carbocycles. The molecule has 1 aliphatic carbocycles. The second-order valence-corrected chi connectivity index (χ2v) is 12.5. The maximum Gasteiger partial charge on any atom is 0.232 e. The summed E-state index contributed by atoms with van der Waals surface area (Å²) >= 11 is 0. The quantitative estimate of drug-likeness (QED) is 0.360. The van der Waals surface area contributed by atoms with Gasteiger partial charge in [-0.05, 0) is 50.8 Å². The Morgan fingerprint density at radius 3 is 2.48 bits per heavy atom. The number of rotatable bonds is 10. The van der Waals surface area contributed by atoms with E-state index in [-0.39, 0.29) is 34.9 Å². The Labute approximate surface area is 233 Å². The van der Waals surface area contributed by atoms with E-state index in [9.17, 15) is 18.0 Å². The lowest BCUT2D eigenvalue weighted by atomic mass is 9.71. The lowest BCUT2D eigenvalue weighted by molar-refractivity contribution is -0.134. The van der Waals surface area contributed by atoms with Crippen LogP contribution in [0.2, 0.25) is 0 Å². The standard InChI is InChI=1S/C28H32N6O5S/c1-3-39-27-17-29-16-23(32-27)20-4-5-21(31-15-20)14-25(36)28(9-12-34(13-10-28)19(2)35)24-8-11-30-26(33-24)18-40(37,38)22-6-7-22/h4-5,8,11,15-17,22H,3,6-7,9-10,12-14,18H2,1-2H3. The number of piperidine rings is 1. The van der Waals surface area contributed by atoms with E-state index in [0.29, 0.717) is 68.3 Å². The fourth-order valence-electron chi connectivity index (χ4n) is 5.06. The molecule has 0 unspecified atom stereocenters. The molecular weight excluding hydrogens is 532 g/mol. The van der Waals surface area contributed by atoms with Crippen LogP contribution < -0.4 is 4.74 Å². The molecule has 0 N–H and O–H groups in total. The van der Waals surface area contributed by atoms with Gasteiger partial charge in [-0.25, -0.2) is 23.4 Å². The smallest absolute Gasteiger partial charge is 0.232 e. The fourth-order valence-corrected chi connectivity index (χ4v) is 6.65. The average Bonchev–Trinajstić information content (AvgIpc) is 3.80. The van der Waals surface area contributed by atoms with E-state index in [1.165, 1.54) is 13.1 Å². The lowest BCUT2D eigenvalue weighted by Gasteiger charge is -2.40. The number of hydrogen-bond donors (Lipinski definition) is 0. The number of aromatic nitrogens is 5. The number of nitrogens with zero attached hydrogens (tertiary/aromatic N) is 6. The molecule has 1 amide bonds. The minimum atomic E-state index is -3.32. The van der Waals surface area contributed by atoms with Crippen LogP contribution in [-0.4, -0.2) is 74.9 Å². The minimum Gasteiger partial charge on any atom is -0.477 e. The molecule has 5 rings (SSSR count). The molecule has 3 aromatic rings. The van der Waals surface area contributed by atoms with Crippen LogP contribution >= 0.6 is 0 Å². The molecule has 1 saturated heterocycles. The van der Waals surface area contributed by atoms with Crippen LogP contribution in [0, 0.1) is 0 Å². The van der Waals surface area contributed by atoms with E-state index in [1.54, 1.807) is 35.6 Å². The summed E-state index contributed by atoms with van der Waals surface area (Å²) in [5.41, 5.74) is 1.45. The predicted molar refractivity (Wildman–Crippen MR) is 146 cm³/mol. The first-order valence-corrected chi connectivity index (χ1v) is 15.1. The van der Waals surface area contributed by atoms with Crippen molar-refractivity contribution in [2.45, 2.75) is 62.4 Å². The third-order valence-electron chi connectivity index (χ3n) is 7.52. The molecule has 2 fully saturated rings. The van der Waals surface area contributed by atoms with Crippen molar-refractivity contribution < 1.29 is 22.7 Å². The molecule has 11 nitrogen and oxygen atoms in total. The maximum atomic E-state index is 14.0. The highest BCUT2D eigenvalue weighted by Gasteiger charge is 2.45. The van der Waals surface area contributed by atoms with Crippen LogP contribution in [0.4, 0.5) is 0 Å². The topological polar surface area (TPSA) is 145 Å². The first-order chi connectivity index (χ1) is 19.2. The second-order valence-electron chi connectivity index (χ2n) is 10.3. The molecule has 1 saturated carbocycles. The SMILES string of the molecule is CCOc1cncc(-c2ccc(CC(=O)C3(c4ccnc(CS(=O)(=O)C5CC5)n4)CCN(C(C)=O)CC3)nc2)n1. The summed E-state index contributed by atoms with van der Waals surface area (Å²) in [6, 6.07) is 5.31. The van der Waals surface area contributed by atoms with Crippen molar-refractivity contribution in [3.63, 3.8) is 0 Å². The van der Waals surface area contributed by atoms with Gasteiger partial charge < -0.3 is 9.64 Å². The van der Waals surface area contributed by atoms with E-state index in [2.05, 4.69) is 24.9 Å². The number of carbonyl (C=O) groups excluding carboxylic acids is 2. The number of carbonyl (C=O) groups is 2. The number of amides is 1. The lowest BCUT2D eigenvalue weighted by Crippen LogP contribution is -2.49. The molecule has 1 aliphatic heterocycles. The number of Topliss-reactive ketones (excluding diaryl/α,β-unsaturated/α-hetero) is 1. The number of hydrogen-bond acceptors (Lipinski definition) is 10. The summed E-state index contributed by atoms with van der Waals surface area (Å²) in [6.07, 6.45) is 8.51. The first-order valence-electron chi connectivity index (χ1n) is 13.4. The van der Waals surface area contributed by atoms with Crippen LogP contribution in [0.5, 0.6) is 5.88 Å². The van der Waals surface area contributed by atoms with Gasteiger partial charge in [0.05, 0.1) is 41.1 Å². The van der Waals surface area contributed by atoms with E-state index < -0.39 is 15.3 Å². The van der Waals surface area contributed by atoms with Crippen molar-refractivity contribution in [2.75, 3.05) is 19.7 Å². The highest BCUT2D eigenvalue weighted by Crippen LogP contribution is 2.37. The third kappa shape index (κ3) is 6.01. The molecular formula is C28H32N6O5S. The van der Waals surface area contributed by atoms with E-state index in [4.69, 9.17) is 4.74 Å². The first kappa shape index (κ1) is 27.8. The van der Waals surface area contributed by atoms with Gasteiger partial charge in [0.25, 0.3) is 0 Å².